The lowest BCUT2D eigenvalue weighted by molar-refractivity contribution is -0.140. The average Bonchev–Trinajstić information content (AvgIpc) is 2.12. The van der Waals surface area contributed by atoms with Gasteiger partial charge in [-0.3, -0.25) is 15.4 Å². The fourth-order valence-electron chi connectivity index (χ4n) is 0.527. The van der Waals surface area contributed by atoms with Crippen molar-refractivity contribution in [2.75, 3.05) is 0 Å². The Morgan fingerprint density at radius 2 is 1.78 bits per heavy atom. The summed E-state index contributed by atoms with van der Waals surface area (Å²) in [7, 11) is 0. The van der Waals surface area contributed by atoms with Crippen molar-refractivity contribution in [3.63, 3.8) is 0 Å². The molecule has 0 aromatic heterocycles. The number of nitrogens with zero attached hydrogens (tertiary/aromatic N) is 1. The summed E-state index contributed by atoms with van der Waals surface area (Å²) < 4.78 is 0. The lowest BCUT2D eigenvalue weighted by Gasteiger charge is -2.08. The van der Waals surface area contributed by atoms with E-state index >= 15 is 0 Å². The topological polar surface area (TPSA) is 75.4 Å². The molecule has 0 atom stereocenters. The molecule has 3 N–H and O–H groups in total. The van der Waals surface area contributed by atoms with Crippen LogP contribution in [0.25, 0.3) is 0 Å². The molecule has 5 heteroatoms. The molecule has 5 nitrogen and oxygen atoms in total. The van der Waals surface area contributed by atoms with Gasteiger partial charge in [0.25, 0.3) is 11.8 Å². The van der Waals surface area contributed by atoms with E-state index in [1.807, 2.05) is 5.53 Å². The number of hydrogen-bond donors (Lipinski definition) is 2. The zero-order chi connectivity index (χ0) is 6.85. The number of amides is 2. The molecule has 9 heavy (non-hydrogen) atoms. The number of nitrogens with one attached hydrogen (secondary N) is 1. The second kappa shape index (κ2) is 1.96. The van der Waals surface area contributed by atoms with Crippen LogP contribution in [0.5, 0.6) is 0 Å². The predicted octanol–water partition coefficient (Wildman–Crippen LogP) is -1.71. The van der Waals surface area contributed by atoms with Crippen molar-refractivity contribution >= 4 is 11.8 Å². The standard InChI is InChI=1S/C4H5N3O2/c5-6-7-3(8)1-2-4(7)9/h1-2,6H,5H2. The summed E-state index contributed by atoms with van der Waals surface area (Å²) >= 11 is 0. The summed E-state index contributed by atoms with van der Waals surface area (Å²) in [6, 6.07) is 0. The first-order chi connectivity index (χ1) is 4.25. The number of rotatable bonds is 1. The lowest BCUT2D eigenvalue weighted by atomic mass is 10.6. The van der Waals surface area contributed by atoms with E-state index in [0.717, 1.165) is 12.2 Å². The molecule has 0 aromatic carbocycles. The highest BCUT2D eigenvalue weighted by Gasteiger charge is 2.21. The van der Waals surface area contributed by atoms with Crippen LogP contribution in [0, 0.1) is 0 Å². The van der Waals surface area contributed by atoms with E-state index in [2.05, 4.69) is 0 Å². The zero-order valence-electron chi connectivity index (χ0n) is 4.50. The Kier molecular flexibility index (Phi) is 1.29. The van der Waals surface area contributed by atoms with Crippen LogP contribution in [0.15, 0.2) is 12.2 Å². The van der Waals surface area contributed by atoms with Crippen LogP contribution >= 0.6 is 0 Å². The van der Waals surface area contributed by atoms with Gasteiger partial charge >= 0.3 is 0 Å². The first kappa shape index (κ1) is 5.93. The Morgan fingerprint density at radius 3 is 2.00 bits per heavy atom. The summed E-state index contributed by atoms with van der Waals surface area (Å²) in [4.78, 5) is 21.0. The fourth-order valence-corrected chi connectivity index (χ4v) is 0.527. The summed E-state index contributed by atoms with van der Waals surface area (Å²) in [5.74, 6) is 3.92. The van der Waals surface area contributed by atoms with Crippen molar-refractivity contribution in [1.29, 1.82) is 0 Å². The molecule has 0 radical (unpaired) electrons. The Hall–Kier alpha value is -1.20. The first-order valence-electron chi connectivity index (χ1n) is 2.28. The lowest BCUT2D eigenvalue weighted by Crippen LogP contribution is -2.46. The van der Waals surface area contributed by atoms with E-state index in [1.54, 1.807) is 0 Å². The molecule has 0 fully saturated rings. The smallest absolute Gasteiger partial charge is 0.268 e. The monoisotopic (exact) mass is 127 g/mol. The number of hydrogen-bond acceptors (Lipinski definition) is 4. The highest BCUT2D eigenvalue weighted by atomic mass is 16.2. The molecular weight excluding hydrogens is 122 g/mol. The Bertz CT molecular complexity index is 168. The predicted molar refractivity (Wildman–Crippen MR) is 28.3 cm³/mol. The first-order valence-corrected chi connectivity index (χ1v) is 2.28. The third kappa shape index (κ3) is 0.823. The van der Waals surface area contributed by atoms with E-state index in [-0.39, 0.29) is 0 Å². The van der Waals surface area contributed by atoms with Crippen molar-refractivity contribution in [3.05, 3.63) is 12.2 Å². The van der Waals surface area contributed by atoms with Crippen LogP contribution in [-0.2, 0) is 9.59 Å². The Labute approximate surface area is 51.1 Å². The highest BCUT2D eigenvalue weighted by molar-refractivity contribution is 6.12. The second-order valence-corrected chi connectivity index (χ2v) is 1.47. The van der Waals surface area contributed by atoms with Crippen molar-refractivity contribution in [3.8, 4) is 0 Å². The molecule has 0 saturated heterocycles. The van der Waals surface area contributed by atoms with Crippen molar-refractivity contribution in [2.45, 2.75) is 0 Å². The Balaban J connectivity index is 2.75. The number of nitrogens with two attached hydrogens (primary N) is 1. The van der Waals surface area contributed by atoms with Crippen LogP contribution in [0.1, 0.15) is 0 Å². The maximum atomic E-state index is 10.5. The van der Waals surface area contributed by atoms with E-state index in [1.165, 1.54) is 0 Å². The number of carbonyl (C=O) groups is 2. The highest BCUT2D eigenvalue weighted by Crippen LogP contribution is 1.96. The van der Waals surface area contributed by atoms with Crippen LogP contribution in [0.4, 0.5) is 0 Å². The van der Waals surface area contributed by atoms with Gasteiger partial charge in [-0.2, -0.15) is 10.5 Å². The van der Waals surface area contributed by atoms with Gasteiger partial charge < -0.3 is 0 Å². The van der Waals surface area contributed by atoms with E-state index in [4.69, 9.17) is 5.84 Å². The molecule has 2 amide bonds. The van der Waals surface area contributed by atoms with Gasteiger partial charge in [0.1, 0.15) is 0 Å². The molecule has 1 rings (SSSR count). The van der Waals surface area contributed by atoms with Gasteiger partial charge in [-0.15, -0.1) is 0 Å². The van der Waals surface area contributed by atoms with Crippen LogP contribution in [0.2, 0.25) is 0 Å². The van der Waals surface area contributed by atoms with Crippen LogP contribution < -0.4 is 11.4 Å². The molecular formula is C4H5N3O2. The summed E-state index contributed by atoms with van der Waals surface area (Å²) in [5, 5.41) is 0.708. The minimum atomic E-state index is -0.442. The maximum absolute atomic E-state index is 10.5. The van der Waals surface area contributed by atoms with Gasteiger partial charge in [-0.1, -0.05) is 0 Å². The molecule has 0 unspecified atom stereocenters. The SMILES string of the molecule is NNN1C(=O)C=CC1=O. The van der Waals surface area contributed by atoms with Crippen molar-refractivity contribution < 1.29 is 9.59 Å². The number of imide groups is 1. The summed E-state index contributed by atoms with van der Waals surface area (Å²) in [5.41, 5.74) is 1.94. The van der Waals surface area contributed by atoms with Crippen LogP contribution in [0.3, 0.4) is 0 Å². The van der Waals surface area contributed by atoms with Gasteiger partial charge in [-0.25, -0.2) is 0 Å². The molecule has 0 bridgehead atoms. The van der Waals surface area contributed by atoms with Gasteiger partial charge in [0.05, 0.1) is 0 Å². The molecule has 1 heterocycles. The van der Waals surface area contributed by atoms with Gasteiger partial charge in [0.2, 0.25) is 0 Å². The van der Waals surface area contributed by atoms with E-state index in [0.29, 0.717) is 5.01 Å². The molecule has 48 valence electrons. The zero-order valence-corrected chi connectivity index (χ0v) is 4.50. The molecule has 1 aliphatic heterocycles. The minimum absolute atomic E-state index is 0.442. The largest absolute Gasteiger partial charge is 0.269 e. The normalized spacial score (nSPS) is 17.7. The molecule has 0 spiro atoms. The van der Waals surface area contributed by atoms with Crippen LogP contribution in [-0.4, -0.2) is 16.8 Å². The molecule has 0 saturated carbocycles. The minimum Gasteiger partial charge on any atom is -0.268 e. The van der Waals surface area contributed by atoms with Crippen molar-refractivity contribution in [1.82, 2.24) is 10.5 Å². The van der Waals surface area contributed by atoms with Gasteiger partial charge in [0.15, 0.2) is 0 Å². The van der Waals surface area contributed by atoms with Crippen molar-refractivity contribution in [2.24, 2.45) is 5.84 Å². The number of hydrazine groups is 2. The quantitative estimate of drug-likeness (QED) is 0.250. The maximum Gasteiger partial charge on any atom is 0.269 e. The third-order valence-corrected chi connectivity index (χ3v) is 0.938. The van der Waals surface area contributed by atoms with Gasteiger partial charge in [0, 0.05) is 12.2 Å². The molecule has 0 aromatic rings. The molecule has 0 aliphatic carbocycles. The van der Waals surface area contributed by atoms with E-state index in [9.17, 15) is 9.59 Å². The average molecular weight is 127 g/mol. The third-order valence-electron chi connectivity index (χ3n) is 0.938. The Morgan fingerprint density at radius 1 is 1.33 bits per heavy atom. The molecule has 1 aliphatic rings. The fraction of sp³-hybridized carbons (Fsp3) is 0. The second-order valence-electron chi connectivity index (χ2n) is 1.47. The van der Waals surface area contributed by atoms with Gasteiger partial charge in [-0.05, 0) is 0 Å². The number of carbonyl (C=O) groups excluding carboxylic acids is 2. The summed E-state index contributed by atoms with van der Waals surface area (Å²) in [6.45, 7) is 0. The summed E-state index contributed by atoms with van der Waals surface area (Å²) in [6.07, 6.45) is 2.28. The van der Waals surface area contributed by atoms with E-state index < -0.39 is 11.8 Å².